The first-order chi connectivity index (χ1) is 15.8. The lowest BCUT2D eigenvalue weighted by atomic mass is 10.0. The zero-order valence-electron chi connectivity index (χ0n) is 17.2. The van der Waals surface area contributed by atoms with E-state index in [1.165, 1.54) is 22.7 Å². The first-order valence-electron chi connectivity index (χ1n) is 10.0. The van der Waals surface area contributed by atoms with Crippen molar-refractivity contribution in [3.05, 3.63) is 94.0 Å². The standard InChI is InChI=1S/C23H19F3N4O3/c24-23(25,26)18-7-1-4-15(12-18)14-30-22(33)29-10-3-8-19(20(29)28-30)16-5-2-6-17(13-16)21(32)27-9-11-31/h1-8,10,12-13,31H,9,11,14H2,(H,27,32). The van der Waals surface area contributed by atoms with Gasteiger partial charge in [-0.15, -0.1) is 5.10 Å². The maximum atomic E-state index is 13.0. The predicted molar refractivity (Wildman–Crippen MR) is 115 cm³/mol. The summed E-state index contributed by atoms with van der Waals surface area (Å²) in [4.78, 5) is 25.1. The number of aliphatic hydroxyl groups is 1. The van der Waals surface area contributed by atoms with Crippen LogP contribution in [0.4, 0.5) is 13.2 Å². The van der Waals surface area contributed by atoms with Crippen LogP contribution in [0.5, 0.6) is 0 Å². The van der Waals surface area contributed by atoms with Crippen LogP contribution in [0.3, 0.4) is 0 Å². The van der Waals surface area contributed by atoms with Gasteiger partial charge in [-0.2, -0.15) is 13.2 Å². The van der Waals surface area contributed by atoms with Crippen LogP contribution in [0.15, 0.2) is 71.7 Å². The number of pyridine rings is 1. The van der Waals surface area contributed by atoms with E-state index in [1.54, 1.807) is 36.4 Å². The Balaban J connectivity index is 1.72. The van der Waals surface area contributed by atoms with E-state index in [0.717, 1.165) is 16.8 Å². The van der Waals surface area contributed by atoms with Gasteiger partial charge in [0.1, 0.15) is 0 Å². The van der Waals surface area contributed by atoms with Crippen molar-refractivity contribution in [3.8, 4) is 11.1 Å². The molecule has 0 unspecified atom stereocenters. The molecule has 0 aliphatic rings. The minimum Gasteiger partial charge on any atom is -0.395 e. The third-order valence-electron chi connectivity index (χ3n) is 5.03. The third-order valence-corrected chi connectivity index (χ3v) is 5.03. The molecule has 10 heteroatoms. The molecule has 2 N–H and O–H groups in total. The van der Waals surface area contributed by atoms with Crippen LogP contribution in [0.25, 0.3) is 16.8 Å². The van der Waals surface area contributed by atoms with Gasteiger partial charge in [0.2, 0.25) is 0 Å². The normalized spacial score (nSPS) is 11.6. The first kappa shape index (κ1) is 22.3. The summed E-state index contributed by atoms with van der Waals surface area (Å²) in [5.74, 6) is -0.356. The fourth-order valence-electron chi connectivity index (χ4n) is 3.48. The van der Waals surface area contributed by atoms with Gasteiger partial charge >= 0.3 is 11.9 Å². The molecule has 170 valence electrons. The van der Waals surface area contributed by atoms with E-state index in [2.05, 4.69) is 10.4 Å². The topological polar surface area (TPSA) is 88.6 Å². The summed E-state index contributed by atoms with van der Waals surface area (Å²) in [5, 5.41) is 15.8. The molecule has 0 saturated carbocycles. The van der Waals surface area contributed by atoms with Crippen molar-refractivity contribution in [1.82, 2.24) is 19.5 Å². The van der Waals surface area contributed by atoms with E-state index in [4.69, 9.17) is 5.11 Å². The minimum absolute atomic E-state index is 0.119. The number of halogens is 3. The minimum atomic E-state index is -4.48. The number of hydrogen-bond acceptors (Lipinski definition) is 4. The first-order valence-corrected chi connectivity index (χ1v) is 10.0. The highest BCUT2D eigenvalue weighted by Gasteiger charge is 2.30. The quantitative estimate of drug-likeness (QED) is 0.467. The molecule has 4 aromatic rings. The molecular weight excluding hydrogens is 437 g/mol. The van der Waals surface area contributed by atoms with Crippen LogP contribution in [0.2, 0.25) is 0 Å². The Kier molecular flexibility index (Phi) is 6.01. The molecule has 7 nitrogen and oxygen atoms in total. The number of alkyl halides is 3. The number of carbonyl (C=O) groups is 1. The van der Waals surface area contributed by atoms with Gasteiger partial charge in [0, 0.05) is 23.9 Å². The number of nitrogens with zero attached hydrogens (tertiary/aromatic N) is 3. The number of amides is 1. The molecule has 0 bridgehead atoms. The Bertz CT molecular complexity index is 1380. The smallest absolute Gasteiger partial charge is 0.395 e. The van der Waals surface area contributed by atoms with E-state index in [0.29, 0.717) is 27.9 Å². The highest BCUT2D eigenvalue weighted by Crippen LogP contribution is 2.29. The predicted octanol–water partition coefficient (Wildman–Crippen LogP) is 2.95. The van der Waals surface area contributed by atoms with Gasteiger partial charge in [-0.1, -0.05) is 24.3 Å². The summed E-state index contributed by atoms with van der Waals surface area (Å²) in [6.07, 6.45) is -2.96. The molecule has 0 aliphatic heterocycles. The second-order valence-electron chi connectivity index (χ2n) is 7.31. The number of nitrogens with one attached hydrogen (secondary N) is 1. The van der Waals surface area contributed by atoms with E-state index >= 15 is 0 Å². The summed E-state index contributed by atoms with van der Waals surface area (Å²) in [7, 11) is 0. The Labute approximate surface area is 185 Å². The van der Waals surface area contributed by atoms with Gasteiger partial charge in [-0.25, -0.2) is 13.9 Å². The van der Waals surface area contributed by atoms with Crippen molar-refractivity contribution < 1.29 is 23.1 Å². The molecule has 2 aromatic heterocycles. The molecule has 0 saturated heterocycles. The van der Waals surface area contributed by atoms with E-state index in [1.807, 2.05) is 0 Å². The Morgan fingerprint density at radius 3 is 2.61 bits per heavy atom. The highest BCUT2D eigenvalue weighted by atomic mass is 19.4. The van der Waals surface area contributed by atoms with Crippen LogP contribution in [-0.2, 0) is 12.7 Å². The molecular formula is C23H19F3N4O3. The van der Waals surface area contributed by atoms with Crippen LogP contribution in [0.1, 0.15) is 21.5 Å². The average Bonchev–Trinajstić information content (AvgIpc) is 3.12. The highest BCUT2D eigenvalue weighted by molar-refractivity contribution is 5.96. The van der Waals surface area contributed by atoms with Crippen molar-refractivity contribution in [2.75, 3.05) is 13.2 Å². The van der Waals surface area contributed by atoms with Crippen molar-refractivity contribution in [2.45, 2.75) is 12.7 Å². The lowest BCUT2D eigenvalue weighted by molar-refractivity contribution is -0.137. The summed E-state index contributed by atoms with van der Waals surface area (Å²) < 4.78 is 41.5. The number of aromatic nitrogens is 3. The summed E-state index contributed by atoms with van der Waals surface area (Å²) in [5.41, 5.74) is 0.882. The molecule has 0 aliphatic carbocycles. The lowest BCUT2D eigenvalue weighted by Gasteiger charge is -2.08. The average molecular weight is 456 g/mol. The van der Waals surface area contributed by atoms with Gasteiger partial charge in [0.05, 0.1) is 18.7 Å². The lowest BCUT2D eigenvalue weighted by Crippen LogP contribution is -2.26. The van der Waals surface area contributed by atoms with Crippen LogP contribution >= 0.6 is 0 Å². The number of fused-ring (bicyclic) bond motifs is 1. The number of aliphatic hydroxyl groups excluding tert-OH is 1. The molecule has 0 radical (unpaired) electrons. The number of hydrogen-bond donors (Lipinski definition) is 2. The number of rotatable bonds is 6. The SMILES string of the molecule is O=C(NCCO)c1cccc(-c2cccn3c(=O)n(Cc4cccc(C(F)(F)F)c4)nc23)c1. The maximum absolute atomic E-state index is 13.0. The van der Waals surface area contributed by atoms with Gasteiger partial charge < -0.3 is 10.4 Å². The second kappa shape index (κ2) is 8.91. The van der Waals surface area contributed by atoms with Crippen LogP contribution in [-0.4, -0.2) is 38.3 Å². The summed E-state index contributed by atoms with van der Waals surface area (Å²) in [6, 6.07) is 14.8. The zero-order chi connectivity index (χ0) is 23.6. The second-order valence-corrected chi connectivity index (χ2v) is 7.31. The Morgan fingerprint density at radius 1 is 1.06 bits per heavy atom. The van der Waals surface area contributed by atoms with E-state index < -0.39 is 17.4 Å². The van der Waals surface area contributed by atoms with E-state index in [-0.39, 0.29) is 25.6 Å². The van der Waals surface area contributed by atoms with Crippen molar-refractivity contribution in [2.24, 2.45) is 0 Å². The molecule has 2 aromatic carbocycles. The maximum Gasteiger partial charge on any atom is 0.416 e. The molecule has 0 fully saturated rings. The zero-order valence-corrected chi connectivity index (χ0v) is 17.2. The summed E-state index contributed by atoms with van der Waals surface area (Å²) in [6.45, 7) is -0.196. The van der Waals surface area contributed by atoms with Gasteiger partial charge in [0.15, 0.2) is 5.65 Å². The van der Waals surface area contributed by atoms with Crippen molar-refractivity contribution in [3.63, 3.8) is 0 Å². The molecule has 1 amide bonds. The fourth-order valence-corrected chi connectivity index (χ4v) is 3.48. The summed E-state index contributed by atoms with van der Waals surface area (Å²) >= 11 is 0. The molecule has 0 atom stereocenters. The number of benzene rings is 2. The molecule has 33 heavy (non-hydrogen) atoms. The van der Waals surface area contributed by atoms with Crippen molar-refractivity contribution >= 4 is 11.6 Å². The Morgan fingerprint density at radius 2 is 1.85 bits per heavy atom. The van der Waals surface area contributed by atoms with E-state index in [9.17, 15) is 22.8 Å². The van der Waals surface area contributed by atoms with Crippen LogP contribution in [0, 0.1) is 0 Å². The van der Waals surface area contributed by atoms with Gasteiger partial charge in [-0.05, 0) is 47.5 Å². The van der Waals surface area contributed by atoms with Gasteiger partial charge in [-0.3, -0.25) is 4.79 Å². The van der Waals surface area contributed by atoms with Gasteiger partial charge in [0.25, 0.3) is 5.91 Å². The van der Waals surface area contributed by atoms with Crippen LogP contribution < -0.4 is 11.0 Å². The monoisotopic (exact) mass is 456 g/mol. The fraction of sp³-hybridized carbons (Fsp3) is 0.174. The molecule has 0 spiro atoms. The third kappa shape index (κ3) is 4.65. The Hall–Kier alpha value is -3.92. The molecule has 2 heterocycles. The largest absolute Gasteiger partial charge is 0.416 e. The molecule has 4 rings (SSSR count). The van der Waals surface area contributed by atoms with Crippen molar-refractivity contribution in [1.29, 1.82) is 0 Å². The number of carbonyl (C=O) groups excluding carboxylic acids is 1.